The molecular formula is C15H15ClN2O2S. The van der Waals surface area contributed by atoms with Gasteiger partial charge in [-0.15, -0.1) is 0 Å². The minimum atomic E-state index is -3.67. The van der Waals surface area contributed by atoms with E-state index >= 15 is 0 Å². The van der Waals surface area contributed by atoms with E-state index < -0.39 is 10.0 Å². The van der Waals surface area contributed by atoms with Crippen LogP contribution < -0.4 is 10.0 Å². The molecule has 2 N–H and O–H groups in total. The van der Waals surface area contributed by atoms with Crippen LogP contribution in [0.25, 0.3) is 0 Å². The molecule has 6 heteroatoms. The molecule has 110 valence electrons. The lowest BCUT2D eigenvalue weighted by atomic mass is 10.0. The molecule has 0 spiro atoms. The average Bonchev–Trinajstić information content (AvgIpc) is 2.47. The summed E-state index contributed by atoms with van der Waals surface area (Å²) < 4.78 is 27.3. The van der Waals surface area contributed by atoms with Crippen LogP contribution >= 0.6 is 11.6 Å². The fourth-order valence-electron chi connectivity index (χ4n) is 2.42. The van der Waals surface area contributed by atoms with Crippen molar-refractivity contribution < 1.29 is 8.42 Å². The maximum Gasteiger partial charge on any atom is 0.263 e. The minimum Gasteiger partial charge on any atom is -0.312 e. The molecule has 3 rings (SSSR count). The van der Waals surface area contributed by atoms with Crippen LogP contribution in [-0.2, 0) is 23.0 Å². The SMILES string of the molecule is O=S(=O)(Nc1ccc2c(c1)CNCC2)c1ccccc1Cl. The number of rotatable bonds is 3. The second-order valence-electron chi connectivity index (χ2n) is 4.95. The smallest absolute Gasteiger partial charge is 0.263 e. The first-order valence-corrected chi connectivity index (χ1v) is 8.52. The fraction of sp³-hybridized carbons (Fsp3) is 0.200. The van der Waals surface area contributed by atoms with Gasteiger partial charge in [0.05, 0.1) is 5.02 Å². The number of benzene rings is 2. The summed E-state index contributed by atoms with van der Waals surface area (Å²) in [5, 5.41) is 3.49. The van der Waals surface area contributed by atoms with E-state index in [1.54, 1.807) is 24.3 Å². The third-order valence-corrected chi connectivity index (χ3v) is 5.35. The number of hydrogen-bond donors (Lipinski definition) is 2. The number of halogens is 1. The van der Waals surface area contributed by atoms with Gasteiger partial charge in [-0.25, -0.2) is 8.42 Å². The zero-order chi connectivity index (χ0) is 14.9. The van der Waals surface area contributed by atoms with E-state index in [2.05, 4.69) is 10.0 Å². The number of nitrogens with one attached hydrogen (secondary N) is 2. The van der Waals surface area contributed by atoms with Crippen molar-refractivity contribution in [2.45, 2.75) is 17.9 Å². The maximum atomic E-state index is 12.4. The Morgan fingerprint density at radius 3 is 2.71 bits per heavy atom. The Bertz CT molecular complexity index is 775. The molecule has 0 saturated heterocycles. The van der Waals surface area contributed by atoms with Crippen molar-refractivity contribution in [3.05, 3.63) is 58.6 Å². The van der Waals surface area contributed by atoms with Gasteiger partial charge in [-0.05, 0) is 48.4 Å². The van der Waals surface area contributed by atoms with Crippen LogP contribution in [0.2, 0.25) is 5.02 Å². The van der Waals surface area contributed by atoms with Crippen molar-refractivity contribution >= 4 is 27.3 Å². The van der Waals surface area contributed by atoms with Crippen LogP contribution in [0.1, 0.15) is 11.1 Å². The van der Waals surface area contributed by atoms with Gasteiger partial charge in [-0.3, -0.25) is 4.72 Å². The van der Waals surface area contributed by atoms with Gasteiger partial charge in [0.1, 0.15) is 4.90 Å². The Labute approximate surface area is 129 Å². The lowest BCUT2D eigenvalue weighted by Gasteiger charge is -2.18. The Balaban J connectivity index is 1.91. The fourth-order valence-corrected chi connectivity index (χ4v) is 3.99. The molecule has 0 fully saturated rings. The highest BCUT2D eigenvalue weighted by molar-refractivity contribution is 7.92. The number of hydrogen-bond acceptors (Lipinski definition) is 3. The van der Waals surface area contributed by atoms with E-state index in [0.29, 0.717) is 5.69 Å². The van der Waals surface area contributed by atoms with Gasteiger partial charge in [0.2, 0.25) is 0 Å². The molecule has 1 aliphatic rings. The van der Waals surface area contributed by atoms with Crippen LogP contribution in [0.15, 0.2) is 47.4 Å². The Morgan fingerprint density at radius 1 is 1.10 bits per heavy atom. The number of fused-ring (bicyclic) bond motifs is 1. The Morgan fingerprint density at radius 2 is 1.90 bits per heavy atom. The summed E-state index contributed by atoms with van der Waals surface area (Å²) in [6.07, 6.45) is 0.965. The molecule has 21 heavy (non-hydrogen) atoms. The summed E-state index contributed by atoms with van der Waals surface area (Å²) in [6, 6.07) is 12.0. The third kappa shape index (κ3) is 3.05. The zero-order valence-corrected chi connectivity index (χ0v) is 12.8. The summed E-state index contributed by atoms with van der Waals surface area (Å²) in [7, 11) is -3.67. The first-order valence-electron chi connectivity index (χ1n) is 6.66. The van der Waals surface area contributed by atoms with Crippen LogP contribution in [0.4, 0.5) is 5.69 Å². The first-order chi connectivity index (χ1) is 10.1. The van der Waals surface area contributed by atoms with Crippen molar-refractivity contribution in [1.29, 1.82) is 0 Å². The van der Waals surface area contributed by atoms with Crippen molar-refractivity contribution in [1.82, 2.24) is 5.32 Å². The first kappa shape index (κ1) is 14.4. The molecule has 2 aromatic rings. The molecule has 0 bridgehead atoms. The molecule has 0 unspecified atom stereocenters. The molecular weight excluding hydrogens is 308 g/mol. The lowest BCUT2D eigenvalue weighted by Crippen LogP contribution is -2.23. The van der Waals surface area contributed by atoms with Gasteiger partial charge in [0, 0.05) is 12.2 Å². The van der Waals surface area contributed by atoms with E-state index in [0.717, 1.165) is 25.1 Å². The summed E-state index contributed by atoms with van der Waals surface area (Å²) in [5.74, 6) is 0. The van der Waals surface area contributed by atoms with Gasteiger partial charge in [-0.2, -0.15) is 0 Å². The second-order valence-corrected chi connectivity index (χ2v) is 7.00. The van der Waals surface area contributed by atoms with Crippen molar-refractivity contribution in [3.8, 4) is 0 Å². The molecule has 0 atom stereocenters. The van der Waals surface area contributed by atoms with E-state index in [1.165, 1.54) is 11.6 Å². The molecule has 0 radical (unpaired) electrons. The van der Waals surface area contributed by atoms with Gasteiger partial charge >= 0.3 is 0 Å². The quantitative estimate of drug-likeness (QED) is 0.913. The molecule has 2 aromatic carbocycles. The van der Waals surface area contributed by atoms with Crippen LogP contribution in [0.5, 0.6) is 0 Å². The van der Waals surface area contributed by atoms with Crippen LogP contribution in [0, 0.1) is 0 Å². The average molecular weight is 323 g/mol. The summed E-state index contributed by atoms with van der Waals surface area (Å²) in [4.78, 5) is 0.0857. The summed E-state index contributed by atoms with van der Waals surface area (Å²) >= 11 is 5.96. The second kappa shape index (κ2) is 5.67. The molecule has 0 amide bonds. The highest BCUT2D eigenvalue weighted by Crippen LogP contribution is 2.25. The number of anilines is 1. The summed E-state index contributed by atoms with van der Waals surface area (Å²) in [6.45, 7) is 1.72. The highest BCUT2D eigenvalue weighted by atomic mass is 35.5. The molecule has 0 aromatic heterocycles. The van der Waals surface area contributed by atoms with Crippen molar-refractivity contribution in [3.63, 3.8) is 0 Å². The van der Waals surface area contributed by atoms with E-state index in [4.69, 9.17) is 11.6 Å². The van der Waals surface area contributed by atoms with Gasteiger partial charge in [-0.1, -0.05) is 29.8 Å². The van der Waals surface area contributed by atoms with E-state index in [1.807, 2.05) is 12.1 Å². The predicted octanol–water partition coefficient (Wildman–Crippen LogP) is 2.79. The van der Waals surface area contributed by atoms with Crippen LogP contribution in [-0.4, -0.2) is 15.0 Å². The normalized spacial score (nSPS) is 14.5. The van der Waals surface area contributed by atoms with Gasteiger partial charge in [0.15, 0.2) is 0 Å². The zero-order valence-electron chi connectivity index (χ0n) is 11.3. The predicted molar refractivity (Wildman–Crippen MR) is 84.1 cm³/mol. The van der Waals surface area contributed by atoms with E-state index in [-0.39, 0.29) is 9.92 Å². The third-order valence-electron chi connectivity index (χ3n) is 3.47. The van der Waals surface area contributed by atoms with Crippen molar-refractivity contribution in [2.75, 3.05) is 11.3 Å². The standard InChI is InChI=1S/C15H15ClN2O2S/c16-14-3-1-2-4-15(14)21(19,20)18-13-6-5-11-7-8-17-10-12(11)9-13/h1-6,9,17-18H,7-8,10H2. The topological polar surface area (TPSA) is 58.2 Å². The van der Waals surface area contributed by atoms with Crippen molar-refractivity contribution in [2.24, 2.45) is 0 Å². The minimum absolute atomic E-state index is 0.0857. The Kier molecular flexibility index (Phi) is 3.89. The molecule has 4 nitrogen and oxygen atoms in total. The molecule has 0 saturated carbocycles. The molecule has 1 aliphatic heterocycles. The summed E-state index contributed by atoms with van der Waals surface area (Å²) in [5.41, 5.74) is 2.94. The Hall–Kier alpha value is -1.56. The van der Waals surface area contributed by atoms with Gasteiger partial charge < -0.3 is 5.32 Å². The highest BCUT2D eigenvalue weighted by Gasteiger charge is 2.18. The lowest BCUT2D eigenvalue weighted by molar-refractivity contribution is 0.601. The van der Waals surface area contributed by atoms with Crippen LogP contribution in [0.3, 0.4) is 0 Å². The van der Waals surface area contributed by atoms with Gasteiger partial charge in [0.25, 0.3) is 10.0 Å². The molecule has 0 aliphatic carbocycles. The largest absolute Gasteiger partial charge is 0.312 e. The number of sulfonamides is 1. The maximum absolute atomic E-state index is 12.4. The molecule has 1 heterocycles. The monoisotopic (exact) mass is 322 g/mol. The van der Waals surface area contributed by atoms with E-state index in [9.17, 15) is 8.42 Å².